The monoisotopic (exact) mass is 333 g/mol. The van der Waals surface area contributed by atoms with Crippen molar-refractivity contribution in [1.82, 2.24) is 14.5 Å². The molecule has 0 bridgehead atoms. The Morgan fingerprint density at radius 3 is 2.83 bits per heavy atom. The number of pyridine rings is 1. The molecule has 0 amide bonds. The lowest BCUT2D eigenvalue weighted by Crippen LogP contribution is -2.16. The lowest BCUT2D eigenvalue weighted by molar-refractivity contribution is 0.627. The van der Waals surface area contributed by atoms with E-state index in [4.69, 9.17) is 17.3 Å². The number of hydrogen-bond acceptors (Lipinski definition) is 4. The van der Waals surface area contributed by atoms with Crippen molar-refractivity contribution in [3.63, 3.8) is 0 Å². The second-order valence-electron chi connectivity index (χ2n) is 5.28. The molecule has 0 aliphatic heterocycles. The van der Waals surface area contributed by atoms with Crippen molar-refractivity contribution < 1.29 is 4.39 Å². The maximum Gasteiger partial charge on any atom is 0.205 e. The Balaban J connectivity index is 2.04. The minimum Gasteiger partial charge on any atom is -0.354 e. The van der Waals surface area contributed by atoms with E-state index in [-0.39, 0.29) is 5.02 Å². The molecule has 0 spiro atoms. The predicted molar refractivity (Wildman–Crippen MR) is 90.3 cm³/mol. The van der Waals surface area contributed by atoms with Crippen LogP contribution in [0.3, 0.4) is 0 Å². The Bertz CT molecular complexity index is 846. The standard InChI is InChI=1S/C16H17ClFN5/c1-10-2-5-14-15(21-10)22-16(20-7-6-19)23(14)9-11-3-4-13(18)12(17)8-11/h2-5,8H,6-7,9,19H2,1H3,(H,20,21,22). The lowest BCUT2D eigenvalue weighted by Gasteiger charge is -2.11. The molecule has 7 heteroatoms. The van der Waals surface area contributed by atoms with Crippen LogP contribution in [0.2, 0.25) is 5.02 Å². The summed E-state index contributed by atoms with van der Waals surface area (Å²) in [5, 5.41) is 3.31. The first-order valence-corrected chi connectivity index (χ1v) is 7.68. The van der Waals surface area contributed by atoms with Crippen LogP contribution in [0.15, 0.2) is 30.3 Å². The highest BCUT2D eigenvalue weighted by atomic mass is 35.5. The Labute approximate surface area is 138 Å². The lowest BCUT2D eigenvalue weighted by atomic mass is 10.2. The number of halogens is 2. The maximum absolute atomic E-state index is 13.3. The molecule has 0 unspecified atom stereocenters. The van der Waals surface area contributed by atoms with Gasteiger partial charge in [-0.2, -0.15) is 4.98 Å². The molecule has 3 rings (SSSR count). The first-order valence-electron chi connectivity index (χ1n) is 7.30. The maximum atomic E-state index is 13.3. The summed E-state index contributed by atoms with van der Waals surface area (Å²) in [6, 6.07) is 8.61. The van der Waals surface area contributed by atoms with E-state index in [2.05, 4.69) is 15.3 Å². The van der Waals surface area contributed by atoms with Crippen LogP contribution in [0.1, 0.15) is 11.3 Å². The molecule has 23 heavy (non-hydrogen) atoms. The van der Waals surface area contributed by atoms with Crippen molar-refractivity contribution in [3.8, 4) is 0 Å². The minimum absolute atomic E-state index is 0.109. The van der Waals surface area contributed by atoms with Gasteiger partial charge in [-0.3, -0.25) is 0 Å². The van der Waals surface area contributed by atoms with Gasteiger partial charge < -0.3 is 15.6 Å². The van der Waals surface area contributed by atoms with Crippen LogP contribution in [0, 0.1) is 12.7 Å². The predicted octanol–water partition coefficient (Wildman–Crippen LogP) is 2.95. The highest BCUT2D eigenvalue weighted by Gasteiger charge is 2.12. The number of imidazole rings is 1. The number of aromatic nitrogens is 3. The summed E-state index contributed by atoms with van der Waals surface area (Å²) in [6.07, 6.45) is 0. The molecule has 3 aromatic rings. The summed E-state index contributed by atoms with van der Waals surface area (Å²) in [5.41, 5.74) is 8.90. The van der Waals surface area contributed by atoms with Crippen molar-refractivity contribution in [2.75, 3.05) is 18.4 Å². The second-order valence-corrected chi connectivity index (χ2v) is 5.69. The topological polar surface area (TPSA) is 68.8 Å². The number of nitrogens with one attached hydrogen (secondary N) is 1. The van der Waals surface area contributed by atoms with E-state index >= 15 is 0 Å². The molecule has 0 saturated carbocycles. The van der Waals surface area contributed by atoms with Crippen molar-refractivity contribution in [2.24, 2.45) is 5.73 Å². The van der Waals surface area contributed by atoms with E-state index in [9.17, 15) is 4.39 Å². The number of benzene rings is 1. The molecular formula is C16H17ClFN5. The van der Waals surface area contributed by atoms with Crippen LogP contribution >= 0.6 is 11.6 Å². The van der Waals surface area contributed by atoms with Gasteiger partial charge in [0.05, 0.1) is 17.1 Å². The zero-order valence-corrected chi connectivity index (χ0v) is 13.4. The summed E-state index contributed by atoms with van der Waals surface area (Å²) in [5.74, 6) is 0.258. The first kappa shape index (κ1) is 15.7. The van der Waals surface area contributed by atoms with E-state index < -0.39 is 5.82 Å². The second kappa shape index (κ2) is 6.52. The van der Waals surface area contributed by atoms with Gasteiger partial charge in [0.25, 0.3) is 0 Å². The fourth-order valence-electron chi connectivity index (χ4n) is 2.40. The van der Waals surface area contributed by atoms with Crippen LogP contribution in [-0.2, 0) is 6.54 Å². The third-order valence-corrected chi connectivity index (χ3v) is 3.79. The molecule has 0 aliphatic carbocycles. The number of hydrogen-bond donors (Lipinski definition) is 2. The largest absolute Gasteiger partial charge is 0.354 e. The highest BCUT2D eigenvalue weighted by molar-refractivity contribution is 6.30. The van der Waals surface area contributed by atoms with Gasteiger partial charge >= 0.3 is 0 Å². The number of nitrogens with two attached hydrogens (primary N) is 1. The van der Waals surface area contributed by atoms with E-state index in [1.807, 2.05) is 23.6 Å². The normalized spacial score (nSPS) is 11.1. The van der Waals surface area contributed by atoms with Crippen LogP contribution in [0.25, 0.3) is 11.2 Å². The van der Waals surface area contributed by atoms with Gasteiger partial charge in [-0.15, -0.1) is 0 Å². The summed E-state index contributed by atoms with van der Waals surface area (Å²) >= 11 is 5.87. The quantitative estimate of drug-likeness (QED) is 0.753. The van der Waals surface area contributed by atoms with E-state index in [0.29, 0.717) is 31.2 Å². The van der Waals surface area contributed by atoms with Crippen LogP contribution < -0.4 is 11.1 Å². The average Bonchev–Trinajstić information content (AvgIpc) is 2.85. The number of aryl methyl sites for hydroxylation is 1. The minimum atomic E-state index is -0.426. The summed E-state index contributed by atoms with van der Waals surface area (Å²) in [7, 11) is 0. The number of anilines is 1. The van der Waals surface area contributed by atoms with Crippen LogP contribution in [-0.4, -0.2) is 27.6 Å². The number of fused-ring (bicyclic) bond motifs is 1. The fourth-order valence-corrected chi connectivity index (χ4v) is 2.61. The smallest absolute Gasteiger partial charge is 0.205 e. The van der Waals surface area contributed by atoms with Crippen molar-refractivity contribution in [3.05, 3.63) is 52.4 Å². The summed E-state index contributed by atoms with van der Waals surface area (Å²) < 4.78 is 15.3. The molecule has 3 N–H and O–H groups in total. The summed E-state index contributed by atoms with van der Waals surface area (Å²) in [6.45, 7) is 3.53. The zero-order valence-electron chi connectivity index (χ0n) is 12.7. The van der Waals surface area contributed by atoms with Gasteiger partial charge in [0.2, 0.25) is 5.95 Å². The molecule has 120 valence electrons. The molecule has 2 aromatic heterocycles. The Morgan fingerprint density at radius 1 is 1.26 bits per heavy atom. The first-order chi connectivity index (χ1) is 11.1. The Morgan fingerprint density at radius 2 is 2.09 bits per heavy atom. The average molecular weight is 334 g/mol. The van der Waals surface area contributed by atoms with Crippen LogP contribution in [0.5, 0.6) is 0 Å². The van der Waals surface area contributed by atoms with Crippen molar-refractivity contribution in [1.29, 1.82) is 0 Å². The van der Waals surface area contributed by atoms with Gasteiger partial charge in [-0.25, -0.2) is 9.37 Å². The van der Waals surface area contributed by atoms with Gasteiger partial charge in [-0.1, -0.05) is 17.7 Å². The highest BCUT2D eigenvalue weighted by Crippen LogP contribution is 2.22. The van der Waals surface area contributed by atoms with Crippen molar-refractivity contribution >= 4 is 28.7 Å². The van der Waals surface area contributed by atoms with Gasteiger partial charge in [0, 0.05) is 18.8 Å². The van der Waals surface area contributed by atoms with Gasteiger partial charge in [0.15, 0.2) is 5.65 Å². The fraction of sp³-hybridized carbons (Fsp3) is 0.250. The third kappa shape index (κ3) is 3.28. The molecule has 1 aromatic carbocycles. The third-order valence-electron chi connectivity index (χ3n) is 3.50. The van der Waals surface area contributed by atoms with E-state index in [0.717, 1.165) is 16.8 Å². The molecule has 2 heterocycles. The zero-order chi connectivity index (χ0) is 16.4. The molecule has 5 nitrogen and oxygen atoms in total. The molecule has 0 atom stereocenters. The summed E-state index contributed by atoms with van der Waals surface area (Å²) in [4.78, 5) is 8.97. The Hall–Kier alpha value is -2.18. The van der Waals surface area contributed by atoms with E-state index in [1.54, 1.807) is 12.1 Å². The number of rotatable bonds is 5. The van der Waals surface area contributed by atoms with Gasteiger partial charge in [-0.05, 0) is 36.8 Å². The molecule has 0 aliphatic rings. The molecule has 0 fully saturated rings. The molecule has 0 saturated heterocycles. The molecule has 0 radical (unpaired) electrons. The van der Waals surface area contributed by atoms with Gasteiger partial charge in [0.1, 0.15) is 5.82 Å². The number of nitrogens with zero attached hydrogens (tertiary/aromatic N) is 3. The SMILES string of the molecule is Cc1ccc2c(n1)nc(NCCN)n2Cc1ccc(F)c(Cl)c1. The Kier molecular flexibility index (Phi) is 4.45. The van der Waals surface area contributed by atoms with Crippen LogP contribution in [0.4, 0.5) is 10.3 Å². The van der Waals surface area contributed by atoms with Crippen molar-refractivity contribution in [2.45, 2.75) is 13.5 Å². The van der Waals surface area contributed by atoms with E-state index in [1.165, 1.54) is 6.07 Å². The molecular weight excluding hydrogens is 317 g/mol.